The molecule has 2 aliphatic rings. The topological polar surface area (TPSA) is 187 Å². The molecule has 2 fully saturated rings. The number of benzene rings is 2. The van der Waals surface area contributed by atoms with Gasteiger partial charge in [0.2, 0.25) is 0 Å². The van der Waals surface area contributed by atoms with Crippen molar-refractivity contribution < 1.29 is 17.5 Å². The largest absolute Gasteiger partial charge is 0.394 e. The van der Waals surface area contributed by atoms with Crippen molar-refractivity contribution in [2.45, 2.75) is 0 Å². The number of anilines is 2. The van der Waals surface area contributed by atoms with E-state index in [0.717, 1.165) is 73.8 Å². The lowest BCUT2D eigenvalue weighted by molar-refractivity contribution is 0.380. The van der Waals surface area contributed by atoms with Crippen molar-refractivity contribution in [1.29, 1.82) is 10.8 Å². The van der Waals surface area contributed by atoms with E-state index in [1.807, 2.05) is 46.2 Å². The highest BCUT2D eigenvalue weighted by Crippen LogP contribution is 2.21. The molecule has 0 unspecified atom stereocenters. The highest BCUT2D eigenvalue weighted by molar-refractivity contribution is 7.79. The fourth-order valence-electron chi connectivity index (χ4n) is 3.76. The molecule has 0 radical (unpaired) electrons. The van der Waals surface area contributed by atoms with E-state index in [9.17, 15) is 0 Å². The molecule has 0 spiro atoms. The van der Waals surface area contributed by atoms with E-state index in [0.29, 0.717) is 0 Å². The van der Waals surface area contributed by atoms with Gasteiger partial charge in [-0.3, -0.25) is 19.9 Å². The minimum atomic E-state index is -4.67. The minimum Gasteiger partial charge on any atom is -0.370 e. The second-order valence-corrected chi connectivity index (χ2v) is 9.89. The van der Waals surface area contributed by atoms with Gasteiger partial charge in [0.15, 0.2) is 11.9 Å². The van der Waals surface area contributed by atoms with Crippen LogP contribution in [-0.4, -0.2) is 91.6 Å². The molecule has 0 bridgehead atoms. The zero-order valence-electron chi connectivity index (χ0n) is 20.1. The Morgan fingerprint density at radius 2 is 1.00 bits per heavy atom. The Kier molecular flexibility index (Phi) is 11.5. The van der Waals surface area contributed by atoms with Crippen molar-refractivity contribution in [3.05, 3.63) is 58.6 Å². The first kappa shape index (κ1) is 30.3. The summed E-state index contributed by atoms with van der Waals surface area (Å²) in [5.41, 5.74) is 13.2. The van der Waals surface area contributed by atoms with E-state index in [2.05, 4.69) is 21.9 Å². The monoisotopic (exact) mass is 574 g/mol. The third kappa shape index (κ3) is 11.3. The molecule has 2 aromatic carbocycles. The third-order valence-corrected chi connectivity index (χ3v) is 6.06. The van der Waals surface area contributed by atoms with Crippen molar-refractivity contribution in [1.82, 2.24) is 9.80 Å². The first-order valence-corrected chi connectivity index (χ1v) is 13.4. The lowest BCUT2D eigenvalue weighted by atomic mass is 10.2. The van der Waals surface area contributed by atoms with Crippen molar-refractivity contribution >= 4 is 56.9 Å². The summed E-state index contributed by atoms with van der Waals surface area (Å²) in [6, 6.07) is 15.7. The van der Waals surface area contributed by atoms with E-state index in [-0.39, 0.29) is 11.9 Å². The summed E-state index contributed by atoms with van der Waals surface area (Å²) < 4.78 is 31.6. The Hall–Kier alpha value is -2.97. The molecule has 0 saturated carbocycles. The van der Waals surface area contributed by atoms with Crippen molar-refractivity contribution in [3.63, 3.8) is 0 Å². The van der Waals surface area contributed by atoms with Crippen LogP contribution in [0.1, 0.15) is 0 Å². The lowest BCUT2D eigenvalue weighted by Crippen LogP contribution is -2.50. The van der Waals surface area contributed by atoms with Gasteiger partial charge in [0.1, 0.15) is 0 Å². The van der Waals surface area contributed by atoms with Crippen LogP contribution in [-0.2, 0) is 10.4 Å². The van der Waals surface area contributed by atoms with Crippen LogP contribution >= 0.6 is 23.2 Å². The summed E-state index contributed by atoms with van der Waals surface area (Å²) in [7, 11) is -4.67. The van der Waals surface area contributed by atoms with Gasteiger partial charge >= 0.3 is 10.4 Å². The van der Waals surface area contributed by atoms with E-state index in [1.165, 1.54) is 0 Å². The Labute approximate surface area is 226 Å². The molecule has 8 N–H and O–H groups in total. The van der Waals surface area contributed by atoms with Crippen molar-refractivity contribution in [2.24, 2.45) is 11.5 Å². The van der Waals surface area contributed by atoms with Crippen LogP contribution in [0.15, 0.2) is 48.5 Å². The second-order valence-electron chi connectivity index (χ2n) is 8.13. The number of nitrogens with one attached hydrogen (secondary N) is 2. The number of halogens is 2. The van der Waals surface area contributed by atoms with Gasteiger partial charge in [0, 0.05) is 73.8 Å². The highest BCUT2D eigenvalue weighted by atomic mass is 35.5. The van der Waals surface area contributed by atoms with Crippen LogP contribution in [0.4, 0.5) is 11.4 Å². The predicted octanol–water partition coefficient (Wildman–Crippen LogP) is 2.06. The summed E-state index contributed by atoms with van der Waals surface area (Å²) in [5.74, 6) is 0.316. The fourth-order valence-corrected chi connectivity index (χ4v) is 4.13. The van der Waals surface area contributed by atoms with E-state index >= 15 is 0 Å². The summed E-state index contributed by atoms with van der Waals surface area (Å²) >= 11 is 11.9. The standard InChI is InChI=1S/2C11H15ClN4.H2O4S/c2*12-9-2-1-3-10(8-9)15-4-6-16(7-5-15)11(13)14;1-5(2,3)4/h2*1-3,8H,4-7H2,(H3,13,14);(H2,1,2,3,4). The maximum absolute atomic E-state index is 8.74. The van der Waals surface area contributed by atoms with Crippen LogP contribution in [0, 0.1) is 10.8 Å². The molecule has 2 aliphatic heterocycles. The Morgan fingerprint density at radius 3 is 1.24 bits per heavy atom. The van der Waals surface area contributed by atoms with E-state index in [4.69, 9.17) is 63.0 Å². The Bertz CT molecular complexity index is 1070. The van der Waals surface area contributed by atoms with E-state index in [1.54, 1.807) is 0 Å². The van der Waals surface area contributed by atoms with Crippen LogP contribution in [0.25, 0.3) is 0 Å². The predicted molar refractivity (Wildman–Crippen MR) is 148 cm³/mol. The number of hydrogen-bond donors (Lipinski definition) is 6. The van der Waals surface area contributed by atoms with Crippen LogP contribution in [0.5, 0.6) is 0 Å². The minimum absolute atomic E-state index is 0.158. The Balaban J connectivity index is 0.000000221. The number of hydrogen-bond acceptors (Lipinski definition) is 6. The molecule has 12 nitrogen and oxygen atoms in total. The van der Waals surface area contributed by atoms with Gasteiger partial charge < -0.3 is 31.1 Å². The maximum atomic E-state index is 8.74. The summed E-state index contributed by atoms with van der Waals surface area (Å²) in [6.07, 6.45) is 0. The van der Waals surface area contributed by atoms with Gasteiger partial charge in [0.25, 0.3) is 0 Å². The number of rotatable bonds is 2. The number of nitrogens with zero attached hydrogens (tertiary/aromatic N) is 4. The van der Waals surface area contributed by atoms with Gasteiger partial charge in [-0.05, 0) is 36.4 Å². The van der Waals surface area contributed by atoms with Crippen molar-refractivity contribution in [2.75, 3.05) is 62.2 Å². The third-order valence-electron chi connectivity index (χ3n) is 5.59. The fraction of sp³-hybridized carbons (Fsp3) is 0.364. The SMILES string of the molecule is N=C(N)N1CCN(c2cccc(Cl)c2)CC1.N=C(N)N1CCN(c2cccc(Cl)c2)CC1.O=S(=O)(O)O. The molecule has 2 heterocycles. The number of nitrogens with two attached hydrogens (primary N) is 2. The van der Waals surface area contributed by atoms with Gasteiger partial charge in [0.05, 0.1) is 0 Å². The molecule has 15 heteroatoms. The first-order chi connectivity index (χ1) is 17.3. The number of guanidine groups is 2. The van der Waals surface area contributed by atoms with Gasteiger partial charge in [-0.25, -0.2) is 0 Å². The van der Waals surface area contributed by atoms with Gasteiger partial charge in [-0.1, -0.05) is 35.3 Å². The average molecular weight is 576 g/mol. The summed E-state index contributed by atoms with van der Waals surface area (Å²) in [6.45, 7) is 6.67. The Morgan fingerprint density at radius 1 is 0.703 bits per heavy atom. The normalized spacial score (nSPS) is 15.7. The smallest absolute Gasteiger partial charge is 0.370 e. The molecule has 0 aliphatic carbocycles. The summed E-state index contributed by atoms with van der Waals surface area (Å²) in [5, 5.41) is 16.2. The first-order valence-electron chi connectivity index (χ1n) is 11.2. The molecule has 37 heavy (non-hydrogen) atoms. The average Bonchev–Trinajstić information content (AvgIpc) is 2.83. The molecule has 2 saturated heterocycles. The van der Waals surface area contributed by atoms with Crippen molar-refractivity contribution in [3.8, 4) is 0 Å². The van der Waals surface area contributed by atoms with Gasteiger partial charge in [-0.2, -0.15) is 8.42 Å². The summed E-state index contributed by atoms with van der Waals surface area (Å²) in [4.78, 5) is 8.26. The second kappa shape index (κ2) is 14.1. The van der Waals surface area contributed by atoms with Crippen LogP contribution in [0.2, 0.25) is 10.0 Å². The molecular formula is C22H32Cl2N8O4S. The zero-order valence-corrected chi connectivity index (χ0v) is 22.4. The molecule has 0 amide bonds. The maximum Gasteiger partial charge on any atom is 0.394 e. The molecule has 204 valence electrons. The molecule has 4 rings (SSSR count). The quantitative estimate of drug-likeness (QED) is 0.176. The van der Waals surface area contributed by atoms with Crippen LogP contribution in [0.3, 0.4) is 0 Å². The molecule has 0 aromatic heterocycles. The molecular weight excluding hydrogens is 543 g/mol. The zero-order chi connectivity index (χ0) is 27.6. The molecule has 0 atom stereocenters. The number of piperazine rings is 2. The lowest BCUT2D eigenvalue weighted by Gasteiger charge is -2.36. The highest BCUT2D eigenvalue weighted by Gasteiger charge is 2.18. The van der Waals surface area contributed by atoms with Gasteiger partial charge in [-0.15, -0.1) is 0 Å². The van der Waals surface area contributed by atoms with Crippen LogP contribution < -0.4 is 21.3 Å². The molecule has 2 aromatic rings. The van der Waals surface area contributed by atoms with E-state index < -0.39 is 10.4 Å².